The fraction of sp³-hybridized carbons (Fsp3) is 0.400. The Bertz CT molecular complexity index is 952. The van der Waals surface area contributed by atoms with Crippen LogP contribution in [0.3, 0.4) is 0 Å². The topological polar surface area (TPSA) is 70.8 Å². The zero-order chi connectivity index (χ0) is 19.7. The maximum absolute atomic E-state index is 13.7. The Morgan fingerprint density at radius 2 is 1.96 bits per heavy atom. The summed E-state index contributed by atoms with van der Waals surface area (Å²) in [6.45, 7) is 1.62. The molecule has 1 aliphatic rings. The van der Waals surface area contributed by atoms with Crippen molar-refractivity contribution < 1.29 is 13.2 Å². The van der Waals surface area contributed by atoms with Gasteiger partial charge in [0.25, 0.3) is 0 Å². The highest BCUT2D eigenvalue weighted by Crippen LogP contribution is 2.39. The second-order valence-electron chi connectivity index (χ2n) is 7.21. The number of piperidine rings is 1. The fourth-order valence-corrected chi connectivity index (χ4v) is 3.97. The molecule has 2 aromatic heterocycles. The van der Waals surface area contributed by atoms with Crippen molar-refractivity contribution in [3.63, 3.8) is 0 Å². The molecule has 28 heavy (non-hydrogen) atoms. The average molecular weight is 389 g/mol. The highest BCUT2D eigenvalue weighted by Gasteiger charge is 2.37. The SMILES string of the molecule is Nc1[nH]nc2nc([C@@H]3CCCCN3CCc3ccccc3)cc(C(F)(F)F)c12. The molecule has 0 radical (unpaired) electrons. The van der Waals surface area contributed by atoms with Crippen molar-refractivity contribution in [2.75, 3.05) is 18.8 Å². The van der Waals surface area contributed by atoms with Gasteiger partial charge in [-0.1, -0.05) is 36.8 Å². The van der Waals surface area contributed by atoms with E-state index in [4.69, 9.17) is 5.73 Å². The van der Waals surface area contributed by atoms with Crippen molar-refractivity contribution >= 4 is 16.9 Å². The molecule has 0 bridgehead atoms. The smallest absolute Gasteiger partial charge is 0.383 e. The minimum absolute atomic E-state index is 0.0240. The second kappa shape index (κ2) is 7.43. The lowest BCUT2D eigenvalue weighted by molar-refractivity contribution is -0.136. The van der Waals surface area contributed by atoms with Gasteiger partial charge in [0.15, 0.2) is 5.65 Å². The van der Waals surface area contributed by atoms with Crippen LogP contribution in [0.25, 0.3) is 11.0 Å². The summed E-state index contributed by atoms with van der Waals surface area (Å²) in [5.74, 6) is -0.106. The molecule has 0 aliphatic carbocycles. The number of hydrogen-bond acceptors (Lipinski definition) is 4. The third kappa shape index (κ3) is 3.69. The first-order valence-corrected chi connectivity index (χ1v) is 9.43. The van der Waals surface area contributed by atoms with Crippen LogP contribution in [0.2, 0.25) is 0 Å². The Morgan fingerprint density at radius 1 is 1.18 bits per heavy atom. The zero-order valence-electron chi connectivity index (χ0n) is 15.3. The van der Waals surface area contributed by atoms with E-state index in [1.54, 1.807) is 0 Å². The number of nitrogens with two attached hydrogens (primary N) is 1. The van der Waals surface area contributed by atoms with Crippen molar-refractivity contribution in [3.05, 3.63) is 53.2 Å². The predicted molar refractivity (Wildman–Crippen MR) is 102 cm³/mol. The van der Waals surface area contributed by atoms with Gasteiger partial charge in [0.05, 0.1) is 22.7 Å². The van der Waals surface area contributed by atoms with Crippen LogP contribution in [0.1, 0.15) is 42.1 Å². The summed E-state index contributed by atoms with van der Waals surface area (Å²) in [6.07, 6.45) is -0.881. The molecule has 0 spiro atoms. The number of alkyl halides is 3. The molecule has 8 heteroatoms. The minimum Gasteiger partial charge on any atom is -0.383 e. The normalized spacial score (nSPS) is 18.6. The number of H-pyrrole nitrogens is 1. The number of nitrogens with zero attached hydrogens (tertiary/aromatic N) is 3. The number of anilines is 1. The van der Waals surface area contributed by atoms with E-state index in [9.17, 15) is 13.2 Å². The third-order valence-electron chi connectivity index (χ3n) is 5.36. The van der Waals surface area contributed by atoms with E-state index in [0.29, 0.717) is 5.69 Å². The Hall–Kier alpha value is -2.61. The van der Waals surface area contributed by atoms with Gasteiger partial charge in [-0.05, 0) is 37.4 Å². The number of pyridine rings is 1. The van der Waals surface area contributed by atoms with Crippen LogP contribution in [-0.4, -0.2) is 33.2 Å². The Labute approximate surface area is 160 Å². The molecule has 0 saturated carbocycles. The Balaban J connectivity index is 1.66. The van der Waals surface area contributed by atoms with Gasteiger partial charge in [-0.3, -0.25) is 10.00 Å². The van der Waals surface area contributed by atoms with Crippen molar-refractivity contribution in [1.82, 2.24) is 20.1 Å². The number of rotatable bonds is 4. The summed E-state index contributed by atoms with van der Waals surface area (Å²) in [5.41, 5.74) is 6.56. The Kier molecular flexibility index (Phi) is 4.97. The van der Waals surface area contributed by atoms with Gasteiger partial charge < -0.3 is 5.73 Å². The summed E-state index contributed by atoms with van der Waals surface area (Å²) in [7, 11) is 0. The largest absolute Gasteiger partial charge is 0.417 e. The van der Waals surface area contributed by atoms with Crippen molar-refractivity contribution in [2.24, 2.45) is 0 Å². The van der Waals surface area contributed by atoms with Crippen molar-refractivity contribution in [2.45, 2.75) is 37.9 Å². The van der Waals surface area contributed by atoms with E-state index < -0.39 is 11.7 Å². The highest BCUT2D eigenvalue weighted by atomic mass is 19.4. The number of halogens is 3. The number of benzene rings is 1. The number of aromatic nitrogens is 3. The number of nitrogens with one attached hydrogen (secondary N) is 1. The monoisotopic (exact) mass is 389 g/mol. The summed E-state index contributed by atoms with van der Waals surface area (Å²) in [5, 5.41) is 6.17. The first-order chi connectivity index (χ1) is 13.4. The quantitative estimate of drug-likeness (QED) is 0.697. The summed E-state index contributed by atoms with van der Waals surface area (Å²) in [6, 6.07) is 11.1. The number of likely N-dealkylation sites (tertiary alicyclic amines) is 1. The van der Waals surface area contributed by atoms with E-state index in [0.717, 1.165) is 44.8 Å². The summed E-state index contributed by atoms with van der Waals surface area (Å²) in [4.78, 5) is 6.67. The minimum atomic E-state index is -4.52. The predicted octanol–water partition coefficient (Wildman–Crippen LogP) is 4.33. The van der Waals surface area contributed by atoms with Gasteiger partial charge in [-0.25, -0.2) is 4.98 Å². The molecule has 3 N–H and O–H groups in total. The van der Waals surface area contributed by atoms with E-state index in [2.05, 4.69) is 32.2 Å². The molecule has 0 unspecified atom stereocenters. The van der Waals surface area contributed by atoms with Gasteiger partial charge in [0, 0.05) is 6.54 Å². The maximum Gasteiger partial charge on any atom is 0.417 e. The van der Waals surface area contributed by atoms with E-state index in [1.165, 1.54) is 5.56 Å². The van der Waals surface area contributed by atoms with Crippen LogP contribution in [0, 0.1) is 0 Å². The van der Waals surface area contributed by atoms with Crippen molar-refractivity contribution in [1.29, 1.82) is 0 Å². The van der Waals surface area contributed by atoms with Gasteiger partial charge in [-0.15, -0.1) is 0 Å². The number of fused-ring (bicyclic) bond motifs is 1. The number of nitrogen functional groups attached to an aromatic ring is 1. The average Bonchev–Trinajstić information content (AvgIpc) is 3.07. The molecule has 3 heterocycles. The first-order valence-electron chi connectivity index (χ1n) is 9.43. The van der Waals surface area contributed by atoms with E-state index >= 15 is 0 Å². The molecular formula is C20H22F3N5. The van der Waals surface area contributed by atoms with Crippen LogP contribution >= 0.6 is 0 Å². The molecule has 0 amide bonds. The van der Waals surface area contributed by atoms with Gasteiger partial charge in [0.2, 0.25) is 0 Å². The highest BCUT2D eigenvalue weighted by molar-refractivity contribution is 5.89. The van der Waals surface area contributed by atoms with E-state index in [-0.39, 0.29) is 22.9 Å². The number of hydrogen-bond donors (Lipinski definition) is 2. The molecule has 1 fully saturated rings. The molecule has 148 valence electrons. The zero-order valence-corrected chi connectivity index (χ0v) is 15.3. The van der Waals surface area contributed by atoms with Crippen molar-refractivity contribution in [3.8, 4) is 0 Å². The molecule has 1 saturated heterocycles. The molecular weight excluding hydrogens is 367 g/mol. The lowest BCUT2D eigenvalue weighted by Crippen LogP contribution is -2.35. The molecule has 3 aromatic rings. The number of aromatic amines is 1. The first kappa shape index (κ1) is 18.7. The van der Waals surface area contributed by atoms with Gasteiger partial charge >= 0.3 is 6.18 Å². The fourth-order valence-electron chi connectivity index (χ4n) is 3.97. The summed E-state index contributed by atoms with van der Waals surface area (Å²) >= 11 is 0. The lowest BCUT2D eigenvalue weighted by atomic mass is 9.96. The van der Waals surface area contributed by atoms with E-state index in [1.807, 2.05) is 18.2 Å². The van der Waals surface area contributed by atoms with Gasteiger partial charge in [0.1, 0.15) is 5.82 Å². The van der Waals surface area contributed by atoms with Crippen LogP contribution in [-0.2, 0) is 12.6 Å². The van der Waals surface area contributed by atoms with Crippen LogP contribution in [0.4, 0.5) is 19.0 Å². The molecule has 5 nitrogen and oxygen atoms in total. The van der Waals surface area contributed by atoms with Crippen LogP contribution in [0.15, 0.2) is 36.4 Å². The Morgan fingerprint density at radius 3 is 2.71 bits per heavy atom. The maximum atomic E-state index is 13.7. The van der Waals surface area contributed by atoms with Crippen LogP contribution < -0.4 is 5.73 Å². The third-order valence-corrected chi connectivity index (χ3v) is 5.36. The van der Waals surface area contributed by atoms with Crippen LogP contribution in [0.5, 0.6) is 0 Å². The molecule has 1 aromatic carbocycles. The second-order valence-corrected chi connectivity index (χ2v) is 7.21. The molecule has 1 aliphatic heterocycles. The van der Waals surface area contributed by atoms with Gasteiger partial charge in [-0.2, -0.15) is 18.3 Å². The molecule has 1 atom stereocenters. The standard InChI is InChI=1S/C20H22F3N5/c21-20(22,23)14-12-15(25-19-17(14)18(24)26-27-19)16-8-4-5-10-28(16)11-9-13-6-2-1-3-7-13/h1-3,6-7,12,16H,4-5,8-11H2,(H3,24,25,26,27)/t16-/m0/s1. The molecule has 4 rings (SSSR count). The lowest BCUT2D eigenvalue weighted by Gasteiger charge is -2.35. The summed E-state index contributed by atoms with van der Waals surface area (Å²) < 4.78 is 41.0.